The topological polar surface area (TPSA) is 36.7 Å². The van der Waals surface area contributed by atoms with Crippen molar-refractivity contribution in [2.75, 3.05) is 19.6 Å². The molecular weight excluding hydrogens is 324 g/mol. The normalized spacial score (nSPS) is 28.3. The first-order valence-corrected chi connectivity index (χ1v) is 10.8. The molecule has 0 bridgehead atoms. The van der Waals surface area contributed by atoms with Gasteiger partial charge in [0, 0.05) is 32.1 Å². The van der Waals surface area contributed by atoms with Crippen LogP contribution in [-0.2, 0) is 11.3 Å². The van der Waals surface area contributed by atoms with E-state index >= 15 is 0 Å². The summed E-state index contributed by atoms with van der Waals surface area (Å²) in [5, 5.41) is 0. The number of hydrogen-bond donors (Lipinski definition) is 0. The highest BCUT2D eigenvalue weighted by atomic mass is 16.3. The summed E-state index contributed by atoms with van der Waals surface area (Å²) in [6.45, 7) is 6.10. The third kappa shape index (κ3) is 4.16. The van der Waals surface area contributed by atoms with Crippen molar-refractivity contribution < 1.29 is 9.21 Å². The number of aryl methyl sites for hydroxylation is 1. The van der Waals surface area contributed by atoms with Crippen LogP contribution in [0.2, 0.25) is 0 Å². The van der Waals surface area contributed by atoms with Gasteiger partial charge in [-0.1, -0.05) is 32.1 Å². The van der Waals surface area contributed by atoms with Gasteiger partial charge in [-0.15, -0.1) is 0 Å². The second kappa shape index (κ2) is 8.16. The number of fused-ring (bicyclic) bond motifs is 1. The molecule has 4 nitrogen and oxygen atoms in total. The highest BCUT2D eigenvalue weighted by molar-refractivity contribution is 5.77. The van der Waals surface area contributed by atoms with Crippen molar-refractivity contribution in [2.24, 2.45) is 11.8 Å². The lowest BCUT2D eigenvalue weighted by atomic mass is 9.82. The van der Waals surface area contributed by atoms with Crippen LogP contribution in [0.5, 0.6) is 0 Å². The first-order valence-electron chi connectivity index (χ1n) is 10.8. The zero-order chi connectivity index (χ0) is 17.9. The number of hydrogen-bond acceptors (Lipinski definition) is 3. The van der Waals surface area contributed by atoms with E-state index < -0.39 is 0 Å². The Hall–Kier alpha value is -1.29. The number of carbonyl (C=O) groups is 1. The molecule has 144 valence electrons. The summed E-state index contributed by atoms with van der Waals surface area (Å²) in [5.41, 5.74) is 0. The average Bonchev–Trinajstić information content (AvgIpc) is 3.06. The van der Waals surface area contributed by atoms with E-state index in [1.165, 1.54) is 38.5 Å². The molecule has 0 spiro atoms. The molecule has 4 rings (SSSR count). The number of carbonyl (C=O) groups excluding carboxylic acids is 1. The molecule has 2 saturated heterocycles. The van der Waals surface area contributed by atoms with Crippen LogP contribution in [0.1, 0.15) is 69.3 Å². The van der Waals surface area contributed by atoms with Crippen LogP contribution >= 0.6 is 0 Å². The van der Waals surface area contributed by atoms with Crippen LogP contribution in [0.3, 0.4) is 0 Å². The van der Waals surface area contributed by atoms with Crippen LogP contribution in [0, 0.1) is 18.8 Å². The van der Waals surface area contributed by atoms with Gasteiger partial charge < -0.3 is 9.32 Å². The highest BCUT2D eigenvalue weighted by Gasteiger charge is 2.39. The van der Waals surface area contributed by atoms with Crippen LogP contribution in [0.4, 0.5) is 0 Å². The lowest BCUT2D eigenvalue weighted by Gasteiger charge is -2.47. The Morgan fingerprint density at radius 2 is 1.96 bits per heavy atom. The van der Waals surface area contributed by atoms with Gasteiger partial charge in [0.2, 0.25) is 5.91 Å². The fraction of sp³-hybridized carbons (Fsp3) is 0.773. The number of likely N-dealkylation sites (tertiary alicyclic amines) is 2. The molecule has 0 aromatic carbocycles. The number of amides is 1. The van der Waals surface area contributed by atoms with E-state index in [-0.39, 0.29) is 0 Å². The van der Waals surface area contributed by atoms with Crippen molar-refractivity contribution in [2.45, 2.75) is 77.3 Å². The van der Waals surface area contributed by atoms with E-state index in [4.69, 9.17) is 4.42 Å². The van der Waals surface area contributed by atoms with E-state index in [2.05, 4.69) is 15.9 Å². The molecule has 4 heteroatoms. The van der Waals surface area contributed by atoms with Gasteiger partial charge in [-0.25, -0.2) is 0 Å². The monoisotopic (exact) mass is 358 g/mol. The Morgan fingerprint density at radius 3 is 2.73 bits per heavy atom. The molecule has 0 unspecified atom stereocenters. The largest absolute Gasteiger partial charge is 0.465 e. The average molecular weight is 359 g/mol. The lowest BCUT2D eigenvalue weighted by molar-refractivity contribution is -0.141. The SMILES string of the molecule is Cc1ccc(CN2CC[C@H]3[C@H](CCC(=O)N3CCC3CCCCC3)C2)o1. The van der Waals surface area contributed by atoms with E-state index in [1.807, 2.05) is 13.0 Å². The Balaban J connectivity index is 1.32. The van der Waals surface area contributed by atoms with Crippen molar-refractivity contribution in [3.63, 3.8) is 0 Å². The van der Waals surface area contributed by atoms with Crippen molar-refractivity contribution in [3.05, 3.63) is 23.7 Å². The molecular formula is C22H34N2O2. The maximum Gasteiger partial charge on any atom is 0.222 e. The van der Waals surface area contributed by atoms with Gasteiger partial charge in [0.25, 0.3) is 0 Å². The Labute approximate surface area is 157 Å². The van der Waals surface area contributed by atoms with Crippen molar-refractivity contribution >= 4 is 5.91 Å². The second-order valence-electron chi connectivity index (χ2n) is 8.78. The minimum atomic E-state index is 0.414. The first kappa shape index (κ1) is 18.1. The van der Waals surface area contributed by atoms with Crippen LogP contribution in [-0.4, -0.2) is 41.4 Å². The van der Waals surface area contributed by atoms with Crippen molar-refractivity contribution in [1.82, 2.24) is 9.80 Å². The molecule has 0 N–H and O–H groups in total. The number of furan rings is 1. The summed E-state index contributed by atoms with van der Waals surface area (Å²) in [5.74, 6) is 3.98. The summed E-state index contributed by atoms with van der Waals surface area (Å²) in [7, 11) is 0. The summed E-state index contributed by atoms with van der Waals surface area (Å²) in [4.78, 5) is 17.4. The molecule has 1 aliphatic carbocycles. The third-order valence-electron chi connectivity index (χ3n) is 6.91. The molecule has 2 aliphatic heterocycles. The predicted molar refractivity (Wildman–Crippen MR) is 103 cm³/mol. The Bertz CT molecular complexity index is 605. The molecule has 1 aromatic rings. The maximum absolute atomic E-state index is 12.6. The summed E-state index contributed by atoms with van der Waals surface area (Å²) >= 11 is 0. The fourth-order valence-corrected chi connectivity index (χ4v) is 5.45. The molecule has 3 heterocycles. The third-order valence-corrected chi connectivity index (χ3v) is 6.91. The standard InChI is InChI=1S/C22H34N2O2/c1-17-7-9-20(26-17)16-23-13-12-21-19(15-23)8-10-22(25)24(21)14-11-18-5-3-2-4-6-18/h7,9,18-19,21H,2-6,8,10-16H2,1H3/t19-,21+/m1/s1. The molecule has 1 amide bonds. The fourth-order valence-electron chi connectivity index (χ4n) is 5.45. The molecule has 3 aliphatic rings. The quantitative estimate of drug-likeness (QED) is 0.784. The Morgan fingerprint density at radius 1 is 1.12 bits per heavy atom. The van der Waals surface area contributed by atoms with Crippen LogP contribution in [0.15, 0.2) is 16.5 Å². The highest BCUT2D eigenvalue weighted by Crippen LogP contribution is 2.33. The Kier molecular flexibility index (Phi) is 5.68. The molecule has 3 fully saturated rings. The summed E-state index contributed by atoms with van der Waals surface area (Å²) in [6, 6.07) is 4.63. The van der Waals surface area contributed by atoms with Gasteiger partial charge in [0.15, 0.2) is 0 Å². The van der Waals surface area contributed by atoms with Gasteiger partial charge >= 0.3 is 0 Å². The summed E-state index contributed by atoms with van der Waals surface area (Å²) in [6.07, 6.45) is 11.1. The minimum Gasteiger partial charge on any atom is -0.465 e. The molecule has 1 aromatic heterocycles. The van der Waals surface area contributed by atoms with Crippen LogP contribution < -0.4 is 0 Å². The lowest BCUT2D eigenvalue weighted by Crippen LogP contribution is -2.56. The van der Waals surface area contributed by atoms with E-state index in [9.17, 15) is 4.79 Å². The number of rotatable bonds is 5. The van der Waals surface area contributed by atoms with Crippen molar-refractivity contribution in [3.8, 4) is 0 Å². The van der Waals surface area contributed by atoms with Gasteiger partial charge in [0.05, 0.1) is 6.54 Å². The van der Waals surface area contributed by atoms with Crippen molar-refractivity contribution in [1.29, 1.82) is 0 Å². The minimum absolute atomic E-state index is 0.414. The molecule has 0 radical (unpaired) electrons. The zero-order valence-corrected chi connectivity index (χ0v) is 16.3. The predicted octanol–water partition coefficient (Wildman–Crippen LogP) is 4.37. The van der Waals surface area contributed by atoms with Gasteiger partial charge in [-0.05, 0) is 50.2 Å². The van der Waals surface area contributed by atoms with Gasteiger partial charge in [-0.3, -0.25) is 9.69 Å². The second-order valence-corrected chi connectivity index (χ2v) is 8.78. The van der Waals surface area contributed by atoms with Gasteiger partial charge in [-0.2, -0.15) is 0 Å². The maximum atomic E-state index is 12.6. The first-order chi connectivity index (χ1) is 12.7. The molecule has 2 atom stereocenters. The summed E-state index contributed by atoms with van der Waals surface area (Å²) < 4.78 is 5.76. The smallest absolute Gasteiger partial charge is 0.222 e. The van der Waals surface area contributed by atoms with E-state index in [0.717, 1.165) is 62.9 Å². The van der Waals surface area contributed by atoms with Crippen LogP contribution in [0.25, 0.3) is 0 Å². The molecule has 26 heavy (non-hydrogen) atoms. The number of nitrogens with zero attached hydrogens (tertiary/aromatic N) is 2. The molecule has 1 saturated carbocycles. The zero-order valence-electron chi connectivity index (χ0n) is 16.3. The van der Waals surface area contributed by atoms with E-state index in [1.54, 1.807) is 0 Å². The number of piperidine rings is 2. The van der Waals surface area contributed by atoms with Gasteiger partial charge in [0.1, 0.15) is 11.5 Å². The van der Waals surface area contributed by atoms with E-state index in [0.29, 0.717) is 17.9 Å².